The normalized spacial score (nSPS) is 25.2. The molecule has 3 rings (SSSR count). The maximum absolute atomic E-state index is 12.5. The quantitative estimate of drug-likeness (QED) is 0.941. The van der Waals surface area contributed by atoms with Gasteiger partial charge >= 0.3 is 0 Å². The Morgan fingerprint density at radius 3 is 2.39 bits per heavy atom. The van der Waals surface area contributed by atoms with Gasteiger partial charge in [-0.1, -0.05) is 60.7 Å². The first kappa shape index (κ1) is 16.1. The van der Waals surface area contributed by atoms with Crippen molar-refractivity contribution in [1.82, 2.24) is 4.90 Å². The molecule has 0 bridgehead atoms. The summed E-state index contributed by atoms with van der Waals surface area (Å²) in [5.74, 6) is 0.472. The van der Waals surface area contributed by atoms with Crippen LogP contribution >= 0.6 is 11.8 Å². The number of amides is 1. The van der Waals surface area contributed by atoms with Crippen LogP contribution in [-0.2, 0) is 11.3 Å². The molecule has 1 saturated heterocycles. The van der Waals surface area contributed by atoms with E-state index < -0.39 is 5.60 Å². The van der Waals surface area contributed by atoms with Gasteiger partial charge in [0.05, 0.1) is 23.1 Å². The third kappa shape index (κ3) is 3.77. The average Bonchev–Trinajstić information content (AvgIpc) is 2.66. The predicted molar refractivity (Wildman–Crippen MR) is 94.1 cm³/mol. The van der Waals surface area contributed by atoms with E-state index in [2.05, 4.69) is 0 Å². The Morgan fingerprint density at radius 2 is 1.74 bits per heavy atom. The van der Waals surface area contributed by atoms with Gasteiger partial charge in [-0.05, 0) is 18.1 Å². The first-order valence-electron chi connectivity index (χ1n) is 7.77. The molecular weight excluding hydrogens is 306 g/mol. The largest absolute Gasteiger partial charge is 0.387 e. The molecular formula is C19H21NO2S. The summed E-state index contributed by atoms with van der Waals surface area (Å²) in [5, 5.41) is 10.9. The number of thioether (sulfide) groups is 1. The molecule has 23 heavy (non-hydrogen) atoms. The van der Waals surface area contributed by atoms with Crippen molar-refractivity contribution < 1.29 is 9.90 Å². The van der Waals surface area contributed by atoms with E-state index in [1.54, 1.807) is 4.90 Å². The molecule has 1 amide bonds. The molecule has 2 aromatic carbocycles. The molecule has 1 N–H and O–H groups in total. The SMILES string of the molecule is C[C@]1(O)CN(Cc2ccccc2)C(=O)CS[C@H]1c1ccccc1. The number of β-amino-alcohol motifs (C(OH)–C–C–N with tert-alkyl or cyclic N) is 1. The fraction of sp³-hybridized carbons (Fsp3) is 0.316. The van der Waals surface area contributed by atoms with Gasteiger partial charge in [-0.2, -0.15) is 0 Å². The lowest BCUT2D eigenvalue weighted by molar-refractivity contribution is -0.131. The maximum Gasteiger partial charge on any atom is 0.232 e. The van der Waals surface area contributed by atoms with Gasteiger partial charge < -0.3 is 10.0 Å². The molecule has 0 spiro atoms. The van der Waals surface area contributed by atoms with Crippen molar-refractivity contribution in [3.63, 3.8) is 0 Å². The lowest BCUT2D eigenvalue weighted by Crippen LogP contribution is -2.44. The van der Waals surface area contributed by atoms with E-state index in [0.29, 0.717) is 18.8 Å². The summed E-state index contributed by atoms with van der Waals surface area (Å²) in [6, 6.07) is 19.9. The van der Waals surface area contributed by atoms with Gasteiger partial charge in [0, 0.05) is 6.54 Å². The minimum Gasteiger partial charge on any atom is -0.387 e. The monoisotopic (exact) mass is 327 g/mol. The number of benzene rings is 2. The fourth-order valence-corrected chi connectivity index (χ4v) is 4.29. The number of hydrogen-bond acceptors (Lipinski definition) is 3. The highest BCUT2D eigenvalue weighted by Gasteiger charge is 2.39. The second-order valence-electron chi connectivity index (χ2n) is 6.19. The Bertz CT molecular complexity index is 658. The second kappa shape index (κ2) is 6.77. The van der Waals surface area contributed by atoms with Gasteiger partial charge in [0.25, 0.3) is 0 Å². The number of rotatable bonds is 3. The zero-order valence-corrected chi connectivity index (χ0v) is 14.0. The standard InChI is InChI=1S/C19H21NO2S/c1-19(22)14-20(12-15-8-4-2-5-9-15)17(21)13-23-18(19)16-10-6-3-7-11-16/h2-11,18,22H,12-14H2,1H3/t18-,19-/m0/s1. The van der Waals surface area contributed by atoms with Crippen molar-refractivity contribution >= 4 is 17.7 Å². The predicted octanol–water partition coefficient (Wildman–Crippen LogP) is 3.25. The fourth-order valence-electron chi connectivity index (χ4n) is 3.01. The van der Waals surface area contributed by atoms with E-state index in [4.69, 9.17) is 0 Å². The Kier molecular flexibility index (Phi) is 4.74. The van der Waals surface area contributed by atoms with Crippen molar-refractivity contribution in [2.24, 2.45) is 0 Å². The molecule has 1 heterocycles. The molecule has 2 aromatic rings. The number of nitrogens with zero attached hydrogens (tertiary/aromatic N) is 1. The first-order chi connectivity index (χ1) is 11.1. The van der Waals surface area contributed by atoms with Gasteiger partial charge in [0.2, 0.25) is 5.91 Å². The van der Waals surface area contributed by atoms with Crippen LogP contribution in [0.4, 0.5) is 0 Å². The Morgan fingerprint density at radius 1 is 1.13 bits per heavy atom. The van der Waals surface area contributed by atoms with Gasteiger partial charge in [0.15, 0.2) is 0 Å². The van der Waals surface area contributed by atoms with Crippen LogP contribution in [0.2, 0.25) is 0 Å². The zero-order chi connectivity index (χ0) is 16.3. The summed E-state index contributed by atoms with van der Waals surface area (Å²) in [4.78, 5) is 14.2. The van der Waals surface area contributed by atoms with Crippen molar-refractivity contribution in [3.8, 4) is 0 Å². The summed E-state index contributed by atoms with van der Waals surface area (Å²) in [5.41, 5.74) is 1.18. The second-order valence-corrected chi connectivity index (χ2v) is 7.29. The maximum atomic E-state index is 12.5. The topological polar surface area (TPSA) is 40.5 Å². The lowest BCUT2D eigenvalue weighted by atomic mass is 9.95. The summed E-state index contributed by atoms with van der Waals surface area (Å²) in [7, 11) is 0. The van der Waals surface area contributed by atoms with E-state index in [-0.39, 0.29) is 11.2 Å². The first-order valence-corrected chi connectivity index (χ1v) is 8.82. The van der Waals surface area contributed by atoms with Gasteiger partial charge in [-0.25, -0.2) is 0 Å². The number of hydrogen-bond donors (Lipinski definition) is 1. The van der Waals surface area contributed by atoms with E-state index in [0.717, 1.165) is 11.1 Å². The van der Waals surface area contributed by atoms with Gasteiger partial charge in [-0.15, -0.1) is 11.8 Å². The van der Waals surface area contributed by atoms with Crippen molar-refractivity contribution in [3.05, 3.63) is 71.8 Å². The highest BCUT2D eigenvalue weighted by molar-refractivity contribution is 8.00. The Hall–Kier alpha value is -1.78. The molecule has 4 heteroatoms. The molecule has 0 aromatic heterocycles. The zero-order valence-electron chi connectivity index (χ0n) is 13.2. The summed E-state index contributed by atoms with van der Waals surface area (Å²) in [6.45, 7) is 2.71. The smallest absolute Gasteiger partial charge is 0.232 e. The molecule has 120 valence electrons. The minimum absolute atomic E-state index is 0.0811. The van der Waals surface area contributed by atoms with Gasteiger partial charge in [-0.3, -0.25) is 4.79 Å². The summed E-state index contributed by atoms with van der Waals surface area (Å²) >= 11 is 1.53. The third-order valence-corrected chi connectivity index (χ3v) is 5.65. The van der Waals surface area contributed by atoms with E-state index in [1.165, 1.54) is 11.8 Å². The summed E-state index contributed by atoms with van der Waals surface area (Å²) < 4.78 is 0. The molecule has 0 unspecified atom stereocenters. The molecule has 0 aliphatic carbocycles. The van der Waals surface area contributed by atoms with Crippen molar-refractivity contribution in [1.29, 1.82) is 0 Å². The lowest BCUT2D eigenvalue weighted by Gasteiger charge is -2.33. The van der Waals surface area contributed by atoms with Crippen LogP contribution in [0.5, 0.6) is 0 Å². The highest BCUT2D eigenvalue weighted by Crippen LogP contribution is 2.41. The number of aliphatic hydroxyl groups is 1. The molecule has 1 aliphatic heterocycles. The van der Waals surface area contributed by atoms with Crippen molar-refractivity contribution in [2.45, 2.75) is 24.3 Å². The molecule has 3 nitrogen and oxygen atoms in total. The molecule has 1 fully saturated rings. The van der Waals surface area contributed by atoms with Crippen molar-refractivity contribution in [2.75, 3.05) is 12.3 Å². The van der Waals surface area contributed by atoms with Crippen LogP contribution in [0, 0.1) is 0 Å². The van der Waals surface area contributed by atoms with Crippen LogP contribution in [-0.4, -0.2) is 33.8 Å². The Labute approximate surface area is 141 Å². The van der Waals surface area contributed by atoms with E-state index in [9.17, 15) is 9.90 Å². The molecule has 0 saturated carbocycles. The highest BCUT2D eigenvalue weighted by atomic mass is 32.2. The van der Waals surface area contributed by atoms with Gasteiger partial charge in [0.1, 0.15) is 0 Å². The summed E-state index contributed by atoms with van der Waals surface area (Å²) in [6.07, 6.45) is 0. The average molecular weight is 327 g/mol. The van der Waals surface area contributed by atoms with E-state index >= 15 is 0 Å². The minimum atomic E-state index is -0.965. The molecule has 2 atom stereocenters. The molecule has 0 radical (unpaired) electrons. The third-order valence-electron chi connectivity index (χ3n) is 4.12. The van der Waals surface area contributed by atoms with Crippen LogP contribution < -0.4 is 0 Å². The Balaban J connectivity index is 1.82. The molecule has 1 aliphatic rings. The van der Waals surface area contributed by atoms with Crippen LogP contribution in [0.3, 0.4) is 0 Å². The number of carbonyl (C=O) groups excluding carboxylic acids is 1. The van der Waals surface area contributed by atoms with Crippen LogP contribution in [0.1, 0.15) is 23.3 Å². The van der Waals surface area contributed by atoms with Crippen LogP contribution in [0.25, 0.3) is 0 Å². The van der Waals surface area contributed by atoms with Crippen LogP contribution in [0.15, 0.2) is 60.7 Å². The van der Waals surface area contributed by atoms with E-state index in [1.807, 2.05) is 67.6 Å². The number of carbonyl (C=O) groups is 1.